The molecule has 0 radical (unpaired) electrons. The number of carbonyl (C=O) groups is 2. The second-order valence-corrected chi connectivity index (χ2v) is 4.68. The van der Waals surface area contributed by atoms with E-state index in [1.54, 1.807) is 18.2 Å². The summed E-state index contributed by atoms with van der Waals surface area (Å²) in [5, 5.41) is 6.14. The van der Waals surface area contributed by atoms with Crippen LogP contribution >= 0.6 is 23.2 Å². The van der Waals surface area contributed by atoms with Crippen molar-refractivity contribution in [1.82, 2.24) is 5.32 Å². The van der Waals surface area contributed by atoms with E-state index in [1.807, 2.05) is 0 Å². The van der Waals surface area contributed by atoms with Crippen molar-refractivity contribution in [2.75, 3.05) is 5.32 Å². The highest BCUT2D eigenvalue weighted by Crippen LogP contribution is 2.22. The Labute approximate surface area is 108 Å². The van der Waals surface area contributed by atoms with E-state index in [9.17, 15) is 9.59 Å². The summed E-state index contributed by atoms with van der Waals surface area (Å²) in [5.41, 5.74) is 0.522. The largest absolute Gasteiger partial charge is 0.344 e. The summed E-state index contributed by atoms with van der Waals surface area (Å²) < 4.78 is 0. The van der Waals surface area contributed by atoms with Crippen LogP contribution in [-0.4, -0.2) is 17.9 Å². The Morgan fingerprint density at radius 1 is 1.29 bits per heavy atom. The maximum absolute atomic E-state index is 11.8. The van der Waals surface area contributed by atoms with E-state index >= 15 is 0 Å². The molecule has 0 bridgehead atoms. The van der Waals surface area contributed by atoms with E-state index in [0.29, 0.717) is 28.6 Å². The first-order chi connectivity index (χ1) is 8.04. The molecule has 1 aliphatic rings. The summed E-state index contributed by atoms with van der Waals surface area (Å²) in [4.78, 5) is 22.8. The van der Waals surface area contributed by atoms with Gasteiger partial charge in [-0.15, -0.1) is 0 Å². The molecule has 4 nitrogen and oxygen atoms in total. The minimum atomic E-state index is -0.472. The van der Waals surface area contributed by atoms with Crippen LogP contribution in [0.2, 0.25) is 10.0 Å². The molecule has 17 heavy (non-hydrogen) atoms. The predicted octanol–water partition coefficient (Wildman–Crippen LogP) is 2.21. The molecule has 90 valence electrons. The molecule has 1 saturated heterocycles. The molecule has 1 aromatic carbocycles. The lowest BCUT2D eigenvalue weighted by molar-refractivity contribution is -0.122. The molecule has 2 rings (SSSR count). The van der Waals surface area contributed by atoms with Crippen molar-refractivity contribution in [3.63, 3.8) is 0 Å². The second-order valence-electron chi connectivity index (χ2n) is 3.81. The molecule has 0 aromatic heterocycles. The van der Waals surface area contributed by atoms with Crippen molar-refractivity contribution >= 4 is 40.7 Å². The van der Waals surface area contributed by atoms with Crippen molar-refractivity contribution in [1.29, 1.82) is 0 Å². The lowest BCUT2D eigenvalue weighted by atomic mass is 10.2. The molecule has 0 spiro atoms. The third kappa shape index (κ3) is 3.11. The standard InChI is InChI=1S/C11H10Cl2N2O2/c12-6-3-7(13)5-8(4-6)14-11(17)9-1-2-10(16)15-9/h3-5,9H,1-2H2,(H,14,17)(H,15,16)/t9-/m0/s1. The molecule has 2 amide bonds. The van der Waals surface area contributed by atoms with E-state index in [1.165, 1.54) is 0 Å². The summed E-state index contributed by atoms with van der Waals surface area (Å²) in [6, 6.07) is 4.31. The van der Waals surface area contributed by atoms with Crippen LogP contribution in [0.25, 0.3) is 0 Å². The van der Waals surface area contributed by atoms with Crippen LogP contribution < -0.4 is 10.6 Å². The molecule has 6 heteroatoms. The molecule has 0 saturated carbocycles. The first-order valence-corrected chi connectivity index (χ1v) is 5.86. The molecule has 0 unspecified atom stereocenters. The van der Waals surface area contributed by atoms with Gasteiger partial charge in [-0.25, -0.2) is 0 Å². The maximum Gasteiger partial charge on any atom is 0.246 e. The fourth-order valence-corrected chi connectivity index (χ4v) is 2.19. The highest BCUT2D eigenvalue weighted by atomic mass is 35.5. The van der Waals surface area contributed by atoms with Gasteiger partial charge in [-0.1, -0.05) is 23.2 Å². The average Bonchev–Trinajstić information content (AvgIpc) is 2.63. The molecule has 0 aliphatic carbocycles. The first kappa shape index (κ1) is 12.2. The number of carbonyl (C=O) groups excluding carboxylic acids is 2. The molecule has 1 aromatic rings. The normalized spacial score (nSPS) is 18.9. The molecular formula is C11H10Cl2N2O2. The zero-order chi connectivity index (χ0) is 12.4. The third-order valence-electron chi connectivity index (χ3n) is 2.44. The molecule has 1 aliphatic heterocycles. The van der Waals surface area contributed by atoms with Gasteiger partial charge in [0.2, 0.25) is 11.8 Å². The molecule has 1 fully saturated rings. The van der Waals surface area contributed by atoms with Crippen LogP contribution in [0.5, 0.6) is 0 Å². The summed E-state index contributed by atoms with van der Waals surface area (Å²) in [6.07, 6.45) is 0.896. The van der Waals surface area contributed by atoms with Gasteiger partial charge in [0, 0.05) is 22.2 Å². The zero-order valence-corrected chi connectivity index (χ0v) is 10.3. The SMILES string of the molecule is O=C1CC[C@@H](C(=O)Nc2cc(Cl)cc(Cl)c2)N1. The van der Waals surface area contributed by atoms with Crippen LogP contribution in [-0.2, 0) is 9.59 Å². The topological polar surface area (TPSA) is 58.2 Å². The second kappa shape index (κ2) is 4.94. The summed E-state index contributed by atoms with van der Waals surface area (Å²) in [6.45, 7) is 0. The lowest BCUT2D eigenvalue weighted by Crippen LogP contribution is -2.37. The Balaban J connectivity index is 2.05. The molecule has 2 N–H and O–H groups in total. The Morgan fingerprint density at radius 2 is 1.94 bits per heavy atom. The number of hydrogen-bond donors (Lipinski definition) is 2. The number of halogens is 2. The van der Waals surface area contributed by atoms with E-state index in [2.05, 4.69) is 10.6 Å². The van der Waals surface area contributed by atoms with Gasteiger partial charge < -0.3 is 10.6 Å². The summed E-state index contributed by atoms with van der Waals surface area (Å²) in [5.74, 6) is -0.358. The van der Waals surface area contributed by atoms with Gasteiger partial charge in [0.05, 0.1) is 0 Å². The van der Waals surface area contributed by atoms with Gasteiger partial charge in [-0.05, 0) is 24.6 Å². The number of amides is 2. The minimum absolute atomic E-state index is 0.103. The number of rotatable bonds is 2. The van der Waals surface area contributed by atoms with Crippen molar-refractivity contribution in [3.05, 3.63) is 28.2 Å². The Kier molecular flexibility index (Phi) is 3.54. The van der Waals surface area contributed by atoms with Gasteiger partial charge in [-0.3, -0.25) is 9.59 Å². The number of hydrogen-bond acceptors (Lipinski definition) is 2. The van der Waals surface area contributed by atoms with E-state index < -0.39 is 6.04 Å². The lowest BCUT2D eigenvalue weighted by Gasteiger charge is -2.11. The van der Waals surface area contributed by atoms with Crippen LogP contribution in [0, 0.1) is 0 Å². The Bertz CT molecular complexity index is 456. The van der Waals surface area contributed by atoms with Crippen molar-refractivity contribution < 1.29 is 9.59 Å². The molecular weight excluding hydrogens is 263 g/mol. The van der Waals surface area contributed by atoms with Crippen LogP contribution in [0.1, 0.15) is 12.8 Å². The monoisotopic (exact) mass is 272 g/mol. The Hall–Kier alpha value is -1.26. The van der Waals surface area contributed by atoms with Gasteiger partial charge in [0.1, 0.15) is 6.04 Å². The third-order valence-corrected chi connectivity index (χ3v) is 2.88. The maximum atomic E-state index is 11.8. The van der Waals surface area contributed by atoms with Crippen LogP contribution in [0.15, 0.2) is 18.2 Å². The zero-order valence-electron chi connectivity index (χ0n) is 8.80. The Morgan fingerprint density at radius 3 is 2.47 bits per heavy atom. The number of anilines is 1. The highest BCUT2D eigenvalue weighted by Gasteiger charge is 2.27. The van der Waals surface area contributed by atoms with Crippen LogP contribution in [0.3, 0.4) is 0 Å². The fraction of sp³-hybridized carbons (Fsp3) is 0.273. The summed E-state index contributed by atoms with van der Waals surface area (Å²) in [7, 11) is 0. The van der Waals surface area contributed by atoms with Crippen LogP contribution in [0.4, 0.5) is 5.69 Å². The fourth-order valence-electron chi connectivity index (χ4n) is 1.67. The number of benzene rings is 1. The predicted molar refractivity (Wildman–Crippen MR) is 66.3 cm³/mol. The van der Waals surface area contributed by atoms with Gasteiger partial charge in [-0.2, -0.15) is 0 Å². The molecule has 1 atom stereocenters. The number of nitrogens with one attached hydrogen (secondary N) is 2. The van der Waals surface area contributed by atoms with Gasteiger partial charge in [0.25, 0.3) is 0 Å². The highest BCUT2D eigenvalue weighted by molar-refractivity contribution is 6.35. The van der Waals surface area contributed by atoms with E-state index in [4.69, 9.17) is 23.2 Å². The average molecular weight is 273 g/mol. The van der Waals surface area contributed by atoms with Crippen molar-refractivity contribution in [2.45, 2.75) is 18.9 Å². The van der Waals surface area contributed by atoms with Gasteiger partial charge in [0.15, 0.2) is 0 Å². The first-order valence-electron chi connectivity index (χ1n) is 5.11. The minimum Gasteiger partial charge on any atom is -0.344 e. The van der Waals surface area contributed by atoms with E-state index in [0.717, 1.165) is 0 Å². The van der Waals surface area contributed by atoms with E-state index in [-0.39, 0.29) is 11.8 Å². The molecule has 1 heterocycles. The smallest absolute Gasteiger partial charge is 0.246 e. The van der Waals surface area contributed by atoms with Crippen molar-refractivity contribution in [2.24, 2.45) is 0 Å². The summed E-state index contributed by atoms with van der Waals surface area (Å²) >= 11 is 11.6. The van der Waals surface area contributed by atoms with Crippen molar-refractivity contribution in [3.8, 4) is 0 Å². The quantitative estimate of drug-likeness (QED) is 0.867. The van der Waals surface area contributed by atoms with Gasteiger partial charge >= 0.3 is 0 Å².